The van der Waals surface area contributed by atoms with Gasteiger partial charge in [-0.15, -0.1) is 0 Å². The highest BCUT2D eigenvalue weighted by atomic mass is 127. The summed E-state index contributed by atoms with van der Waals surface area (Å²) in [7, 11) is 0. The maximum Gasteiger partial charge on any atom is 0.255 e. The van der Waals surface area contributed by atoms with Gasteiger partial charge in [-0.3, -0.25) is 4.79 Å². The zero-order valence-electron chi connectivity index (χ0n) is 13.7. The molecule has 3 N–H and O–H groups in total. The molecule has 0 bridgehead atoms. The molecule has 1 atom stereocenters. The van der Waals surface area contributed by atoms with E-state index in [2.05, 4.69) is 43.5 Å². The summed E-state index contributed by atoms with van der Waals surface area (Å²) in [5.74, 6) is -0.514. The number of fused-ring (bicyclic) bond motifs is 1. The lowest BCUT2D eigenvalue weighted by molar-refractivity contribution is 0.0943. The number of thiophene rings is 1. The molecule has 1 amide bonds. The lowest BCUT2D eigenvalue weighted by Crippen LogP contribution is -2.36. The van der Waals surface area contributed by atoms with Gasteiger partial charge in [-0.05, 0) is 65.9 Å². The van der Waals surface area contributed by atoms with Crippen LogP contribution in [0.15, 0.2) is 36.5 Å². The number of carbonyl (C=O) groups excluding carboxylic acids is 1. The van der Waals surface area contributed by atoms with E-state index in [0.29, 0.717) is 16.3 Å². The Balaban J connectivity index is 1.72. The number of amides is 1. The van der Waals surface area contributed by atoms with Gasteiger partial charge in [0.2, 0.25) is 0 Å². The van der Waals surface area contributed by atoms with Gasteiger partial charge in [0, 0.05) is 27.7 Å². The van der Waals surface area contributed by atoms with E-state index in [1.165, 1.54) is 17.4 Å². The molecule has 3 heterocycles. The molecule has 0 saturated carbocycles. The van der Waals surface area contributed by atoms with Crippen molar-refractivity contribution in [2.24, 2.45) is 0 Å². The fraction of sp³-hybridized carbons (Fsp3) is 0.222. The van der Waals surface area contributed by atoms with Crippen molar-refractivity contribution in [1.82, 2.24) is 15.6 Å². The molecule has 0 radical (unpaired) electrons. The number of benzene rings is 1. The Labute approximate surface area is 167 Å². The van der Waals surface area contributed by atoms with E-state index in [-0.39, 0.29) is 17.8 Å². The smallest absolute Gasteiger partial charge is 0.255 e. The molecule has 4 rings (SSSR count). The fourth-order valence-electron chi connectivity index (χ4n) is 2.99. The molecule has 1 fully saturated rings. The van der Waals surface area contributed by atoms with Gasteiger partial charge >= 0.3 is 0 Å². The van der Waals surface area contributed by atoms with Crippen molar-refractivity contribution in [3.8, 4) is 0 Å². The first-order valence-electron chi connectivity index (χ1n) is 8.23. The summed E-state index contributed by atoms with van der Waals surface area (Å²) < 4.78 is 15.1. The van der Waals surface area contributed by atoms with Gasteiger partial charge in [-0.25, -0.2) is 9.37 Å². The van der Waals surface area contributed by atoms with Crippen LogP contribution < -0.4 is 16.0 Å². The molecule has 8 heteroatoms. The van der Waals surface area contributed by atoms with Crippen molar-refractivity contribution in [2.75, 3.05) is 18.4 Å². The van der Waals surface area contributed by atoms with Crippen molar-refractivity contribution >= 4 is 60.7 Å². The van der Waals surface area contributed by atoms with Crippen LogP contribution in [0.5, 0.6) is 0 Å². The molecule has 3 aromatic rings. The summed E-state index contributed by atoms with van der Waals surface area (Å²) in [4.78, 5) is 18.0. The molecule has 1 aromatic carbocycles. The second kappa shape index (κ2) is 7.45. The number of hydrogen-bond acceptors (Lipinski definition) is 5. The summed E-state index contributed by atoms with van der Waals surface area (Å²) in [5, 5.41) is 10.8. The molecule has 0 spiro atoms. The van der Waals surface area contributed by atoms with Crippen LogP contribution in [0.3, 0.4) is 0 Å². The van der Waals surface area contributed by atoms with Crippen molar-refractivity contribution < 1.29 is 9.18 Å². The average Bonchev–Trinajstić information content (AvgIpc) is 3.24. The second-order valence-corrected chi connectivity index (χ2v) is 8.32. The van der Waals surface area contributed by atoms with E-state index in [9.17, 15) is 9.18 Å². The van der Waals surface area contributed by atoms with Crippen molar-refractivity contribution in [3.05, 3.63) is 51.5 Å². The average molecular weight is 482 g/mol. The normalized spacial score (nSPS) is 16.8. The Kier molecular flexibility index (Phi) is 5.05. The minimum atomic E-state index is -0.353. The Morgan fingerprint density at radius 1 is 1.38 bits per heavy atom. The molecule has 2 aromatic heterocycles. The summed E-state index contributed by atoms with van der Waals surface area (Å²) in [6.45, 7) is 1.66. The Hall–Kier alpha value is -1.78. The second-order valence-electron chi connectivity index (χ2n) is 6.07. The zero-order chi connectivity index (χ0) is 18.1. The summed E-state index contributed by atoms with van der Waals surface area (Å²) >= 11 is 3.41. The first kappa shape index (κ1) is 17.6. The lowest BCUT2D eigenvalue weighted by atomic mass is 10.1. The molecule has 0 unspecified atom stereocenters. The van der Waals surface area contributed by atoms with Crippen LogP contribution in [0, 0.1) is 9.39 Å². The van der Waals surface area contributed by atoms with Gasteiger partial charge in [0.15, 0.2) is 0 Å². The van der Waals surface area contributed by atoms with Crippen LogP contribution in [0.25, 0.3) is 10.2 Å². The highest BCUT2D eigenvalue weighted by molar-refractivity contribution is 14.1. The number of pyridine rings is 1. The number of hydrogen-bond donors (Lipinski definition) is 3. The van der Waals surface area contributed by atoms with Gasteiger partial charge in [-0.2, -0.15) is 0 Å². The number of rotatable bonds is 4. The summed E-state index contributed by atoms with van der Waals surface area (Å²) in [6.07, 6.45) is 2.59. The molecule has 0 aliphatic carbocycles. The molecule has 134 valence electrons. The summed E-state index contributed by atoms with van der Waals surface area (Å²) in [5.41, 5.74) is 0.858. The third-order valence-corrected chi connectivity index (χ3v) is 5.97. The molecule has 5 nitrogen and oxygen atoms in total. The van der Waals surface area contributed by atoms with E-state index < -0.39 is 0 Å². The minimum Gasteiger partial charge on any atom is -0.348 e. The van der Waals surface area contributed by atoms with Crippen LogP contribution in [0.4, 0.5) is 15.1 Å². The van der Waals surface area contributed by atoms with Crippen molar-refractivity contribution in [1.29, 1.82) is 0 Å². The highest BCUT2D eigenvalue weighted by Crippen LogP contribution is 2.37. The zero-order valence-corrected chi connectivity index (χ0v) is 16.7. The minimum absolute atomic E-state index is 0.108. The van der Waals surface area contributed by atoms with E-state index >= 15 is 0 Å². The Morgan fingerprint density at radius 3 is 3.04 bits per heavy atom. The van der Waals surface area contributed by atoms with E-state index in [1.54, 1.807) is 18.3 Å². The lowest BCUT2D eigenvalue weighted by Gasteiger charge is -2.13. The third-order valence-electron chi connectivity index (χ3n) is 4.27. The van der Waals surface area contributed by atoms with Crippen LogP contribution >= 0.6 is 33.9 Å². The number of anilines is 2. The predicted molar refractivity (Wildman–Crippen MR) is 111 cm³/mol. The van der Waals surface area contributed by atoms with E-state index in [1.807, 2.05) is 12.1 Å². The Bertz CT molecular complexity index is 971. The monoisotopic (exact) mass is 482 g/mol. The molecule has 1 aliphatic heterocycles. The topological polar surface area (TPSA) is 66.1 Å². The highest BCUT2D eigenvalue weighted by Gasteiger charge is 2.24. The standard InChI is InChI=1S/C18H16FIN4OS/c19-13-8-10(20)3-4-14(13)24-18-15(12-2-1-6-22-17(12)26-18)16(25)23-11-5-7-21-9-11/h1-4,6,8,11,21,24H,5,7,9H2,(H,23,25)/t11-/m1/s1. The SMILES string of the molecule is O=C(N[C@@H]1CCNC1)c1c(Nc2ccc(I)cc2F)sc2ncccc12. The maximum atomic E-state index is 14.3. The first-order chi connectivity index (χ1) is 12.6. The van der Waals surface area contributed by atoms with Gasteiger partial charge in [0.25, 0.3) is 5.91 Å². The van der Waals surface area contributed by atoms with E-state index in [0.717, 1.165) is 33.3 Å². The number of halogens is 2. The van der Waals surface area contributed by atoms with E-state index in [4.69, 9.17) is 0 Å². The van der Waals surface area contributed by atoms with Gasteiger partial charge < -0.3 is 16.0 Å². The van der Waals surface area contributed by atoms with Gasteiger partial charge in [0.05, 0.1) is 11.3 Å². The number of aromatic nitrogens is 1. The molecular weight excluding hydrogens is 466 g/mol. The number of carbonyl (C=O) groups is 1. The van der Waals surface area contributed by atoms with Crippen LogP contribution in [-0.4, -0.2) is 30.0 Å². The first-order valence-corrected chi connectivity index (χ1v) is 10.1. The molecule has 1 saturated heterocycles. The van der Waals surface area contributed by atoms with Gasteiger partial charge in [-0.1, -0.05) is 11.3 Å². The van der Waals surface area contributed by atoms with Crippen LogP contribution in [0.1, 0.15) is 16.8 Å². The molecular formula is C18H16FIN4OS. The third kappa shape index (κ3) is 3.53. The number of nitrogens with zero attached hydrogens (tertiary/aromatic N) is 1. The van der Waals surface area contributed by atoms with Crippen molar-refractivity contribution in [2.45, 2.75) is 12.5 Å². The largest absolute Gasteiger partial charge is 0.348 e. The fourth-order valence-corrected chi connectivity index (χ4v) is 4.50. The summed E-state index contributed by atoms with van der Waals surface area (Å²) in [6, 6.07) is 8.74. The predicted octanol–water partition coefficient (Wildman–Crippen LogP) is 3.88. The molecule has 1 aliphatic rings. The van der Waals surface area contributed by atoms with Crippen LogP contribution in [-0.2, 0) is 0 Å². The van der Waals surface area contributed by atoms with Crippen LogP contribution in [0.2, 0.25) is 0 Å². The van der Waals surface area contributed by atoms with Crippen molar-refractivity contribution in [3.63, 3.8) is 0 Å². The molecule has 26 heavy (non-hydrogen) atoms. The Morgan fingerprint density at radius 2 is 2.27 bits per heavy atom. The maximum absolute atomic E-state index is 14.3. The number of nitrogens with one attached hydrogen (secondary N) is 3. The van der Waals surface area contributed by atoms with Gasteiger partial charge in [0.1, 0.15) is 15.6 Å². The quantitative estimate of drug-likeness (QED) is 0.494.